The van der Waals surface area contributed by atoms with E-state index in [-0.39, 0.29) is 5.11 Å². The van der Waals surface area contributed by atoms with Crippen LogP contribution in [-0.4, -0.2) is 23.0 Å². The monoisotopic (exact) mass is 296 g/mol. The SMILES string of the molecule is NC(N)=S.[Cl][In]([Cl])[Cl]. The molecular formula is CH4Cl3InN2S. The summed E-state index contributed by atoms with van der Waals surface area (Å²) in [5.74, 6) is 0. The van der Waals surface area contributed by atoms with Crippen molar-refractivity contribution >= 4 is 61.0 Å². The third-order valence-electron chi connectivity index (χ3n) is 0. The van der Waals surface area contributed by atoms with Crippen LogP contribution in [0.15, 0.2) is 0 Å². The molecule has 0 bridgehead atoms. The van der Waals surface area contributed by atoms with Gasteiger partial charge in [-0.05, 0) is 12.2 Å². The van der Waals surface area contributed by atoms with E-state index in [0.29, 0.717) is 0 Å². The van der Waals surface area contributed by atoms with Gasteiger partial charge in [-0.1, -0.05) is 0 Å². The Labute approximate surface area is 71.7 Å². The fraction of sp³-hybridized carbons (Fsp3) is 0. The van der Waals surface area contributed by atoms with Gasteiger partial charge in [-0.2, -0.15) is 0 Å². The van der Waals surface area contributed by atoms with Crippen molar-refractivity contribution in [1.29, 1.82) is 0 Å². The zero-order chi connectivity index (χ0) is 7.15. The molecule has 2 nitrogen and oxygen atoms in total. The normalized spacial score (nSPS) is 6.38. The number of rotatable bonds is 0. The summed E-state index contributed by atoms with van der Waals surface area (Å²) in [4.78, 5) is 0. The van der Waals surface area contributed by atoms with Crippen LogP contribution in [0.2, 0.25) is 0 Å². The van der Waals surface area contributed by atoms with Crippen LogP contribution in [0.25, 0.3) is 0 Å². The Morgan fingerprint density at radius 3 is 1.25 bits per heavy atom. The molecule has 0 rings (SSSR count). The van der Waals surface area contributed by atoms with E-state index in [4.69, 9.17) is 25.7 Å². The molecule has 0 aliphatic carbocycles. The maximum atomic E-state index is 5.02. The van der Waals surface area contributed by atoms with Gasteiger partial charge in [0, 0.05) is 0 Å². The maximum absolute atomic E-state index is 5.02. The van der Waals surface area contributed by atoms with Gasteiger partial charge in [0.1, 0.15) is 0 Å². The van der Waals surface area contributed by atoms with Gasteiger partial charge in [0.15, 0.2) is 5.11 Å². The Hall–Kier alpha value is 1.43. The molecule has 0 aliphatic rings. The van der Waals surface area contributed by atoms with E-state index < -0.39 is 17.9 Å². The van der Waals surface area contributed by atoms with E-state index >= 15 is 0 Å². The van der Waals surface area contributed by atoms with Gasteiger partial charge in [0.25, 0.3) is 0 Å². The molecule has 0 aliphatic heterocycles. The molecule has 0 aromatic rings. The van der Waals surface area contributed by atoms with Crippen molar-refractivity contribution in [3.63, 3.8) is 0 Å². The first-order valence-electron chi connectivity index (χ1n) is 1.44. The van der Waals surface area contributed by atoms with Crippen LogP contribution in [0.4, 0.5) is 0 Å². The van der Waals surface area contributed by atoms with Gasteiger partial charge in [-0.15, -0.1) is 0 Å². The molecule has 0 spiro atoms. The average molecular weight is 297 g/mol. The van der Waals surface area contributed by atoms with Crippen molar-refractivity contribution in [3.8, 4) is 0 Å². The van der Waals surface area contributed by atoms with Crippen LogP contribution in [-0.2, 0) is 0 Å². The van der Waals surface area contributed by atoms with Crippen LogP contribution in [0.1, 0.15) is 0 Å². The van der Waals surface area contributed by atoms with Gasteiger partial charge in [0.2, 0.25) is 0 Å². The molecule has 0 aromatic heterocycles. The summed E-state index contributed by atoms with van der Waals surface area (Å²) in [6.45, 7) is 0. The summed E-state index contributed by atoms with van der Waals surface area (Å²) in [5.41, 5.74) is 9.24. The minimum absolute atomic E-state index is 0.000000000000000222. The first-order valence-corrected chi connectivity index (χ1v) is 14.4. The van der Waals surface area contributed by atoms with E-state index in [1.807, 2.05) is 0 Å². The summed E-state index contributed by atoms with van der Waals surface area (Å²) < 4.78 is 0. The number of hydrogen-bond donors (Lipinski definition) is 2. The quantitative estimate of drug-likeness (QED) is 0.653. The molecule has 0 heterocycles. The van der Waals surface area contributed by atoms with Gasteiger partial charge in [0.05, 0.1) is 0 Å². The van der Waals surface area contributed by atoms with Crippen molar-refractivity contribution in [2.75, 3.05) is 0 Å². The number of thiocarbonyl (C=S) groups is 1. The van der Waals surface area contributed by atoms with E-state index in [1.165, 1.54) is 0 Å². The second-order valence-electron chi connectivity index (χ2n) is 0.650. The molecule has 7 heteroatoms. The first-order chi connectivity index (χ1) is 3.46. The Balaban J connectivity index is 0. The Morgan fingerprint density at radius 2 is 1.25 bits per heavy atom. The van der Waals surface area contributed by atoms with Crippen LogP contribution in [0.5, 0.6) is 0 Å². The zero-order valence-electron chi connectivity index (χ0n) is 3.77. The topological polar surface area (TPSA) is 52.0 Å². The molecule has 0 saturated heterocycles. The van der Waals surface area contributed by atoms with E-state index in [0.717, 1.165) is 0 Å². The predicted octanol–water partition coefficient (Wildman–Crippen LogP) is 0.876. The standard InChI is InChI=1S/CH4N2S.3ClH.In/c2-1(3)4;;;;/h(H4,2,3,4);3*1H;/q;;;;+3/p-3. The van der Waals surface area contributed by atoms with E-state index in [1.54, 1.807) is 0 Å². The zero-order valence-corrected chi connectivity index (χ0v) is 10.2. The van der Waals surface area contributed by atoms with Crippen LogP contribution >= 0.6 is 37.9 Å². The third kappa shape index (κ3) is 150. The number of nitrogens with two attached hydrogens (primary N) is 2. The van der Waals surface area contributed by atoms with Gasteiger partial charge in [-0.3, -0.25) is 0 Å². The Bertz CT molecular complexity index is 61.5. The summed E-state index contributed by atoms with van der Waals surface area (Å²) in [5, 5.41) is 0.000000000000000222. The van der Waals surface area contributed by atoms with Crippen molar-refractivity contribution in [1.82, 2.24) is 0 Å². The summed E-state index contributed by atoms with van der Waals surface area (Å²) in [6.07, 6.45) is 0. The third-order valence-corrected chi connectivity index (χ3v) is 0. The Kier molecular flexibility index (Phi) is 12.8. The van der Waals surface area contributed by atoms with E-state index in [2.05, 4.69) is 23.7 Å². The van der Waals surface area contributed by atoms with Crippen molar-refractivity contribution in [2.24, 2.45) is 11.5 Å². The predicted molar refractivity (Wildman–Crippen MR) is 44.3 cm³/mol. The van der Waals surface area contributed by atoms with Gasteiger partial charge in [-0.25, -0.2) is 0 Å². The average Bonchev–Trinajstić information content (AvgIpc) is 1.25. The summed E-state index contributed by atoms with van der Waals surface area (Å²) >= 11 is 1.87. The summed E-state index contributed by atoms with van der Waals surface area (Å²) in [7, 11) is 15.0. The molecular weight excluding hydrogens is 293 g/mol. The van der Waals surface area contributed by atoms with Gasteiger partial charge < -0.3 is 11.5 Å². The molecule has 8 heavy (non-hydrogen) atoms. The Morgan fingerprint density at radius 1 is 1.25 bits per heavy atom. The molecule has 48 valence electrons. The minimum atomic E-state index is -2.22. The molecule has 0 atom stereocenters. The molecule has 0 fully saturated rings. The molecule has 0 amide bonds. The first kappa shape index (κ1) is 12.1. The summed E-state index contributed by atoms with van der Waals surface area (Å²) in [6, 6.07) is 0. The molecule has 0 radical (unpaired) electrons. The fourth-order valence-electron chi connectivity index (χ4n) is 0. The van der Waals surface area contributed by atoms with Crippen LogP contribution in [0, 0.1) is 0 Å². The second kappa shape index (κ2) is 8.43. The van der Waals surface area contributed by atoms with Crippen LogP contribution in [0.3, 0.4) is 0 Å². The molecule has 0 saturated carbocycles. The van der Waals surface area contributed by atoms with Crippen molar-refractivity contribution in [3.05, 3.63) is 0 Å². The number of hydrogen-bond acceptors (Lipinski definition) is 1. The molecule has 0 unspecified atom stereocenters. The second-order valence-corrected chi connectivity index (χ2v) is 15.8. The van der Waals surface area contributed by atoms with Crippen LogP contribution < -0.4 is 11.5 Å². The van der Waals surface area contributed by atoms with Gasteiger partial charge >= 0.3 is 43.6 Å². The molecule has 4 N–H and O–H groups in total. The molecule has 0 aromatic carbocycles. The van der Waals surface area contributed by atoms with Crippen molar-refractivity contribution < 1.29 is 0 Å². The number of halogens is 3. The fourth-order valence-corrected chi connectivity index (χ4v) is 0. The van der Waals surface area contributed by atoms with Crippen molar-refractivity contribution in [2.45, 2.75) is 0 Å². The van der Waals surface area contributed by atoms with E-state index in [9.17, 15) is 0 Å².